The molecule has 1 unspecified atom stereocenters. The number of benzene rings is 1. The number of nitrogens with one attached hydrogen (secondary N) is 1. The van der Waals surface area contributed by atoms with Crippen molar-refractivity contribution < 1.29 is 19.7 Å². The molecule has 5 nitrogen and oxygen atoms in total. The maximum Gasteiger partial charge on any atom is 0.168 e. The summed E-state index contributed by atoms with van der Waals surface area (Å²) in [6.45, 7) is 1.11. The topological polar surface area (TPSA) is 71.0 Å². The Morgan fingerprint density at radius 1 is 1.47 bits per heavy atom. The zero-order valence-corrected chi connectivity index (χ0v) is 10.1. The third-order valence-corrected chi connectivity index (χ3v) is 2.91. The molecular formula is C11H14ClNO4. The predicted octanol–water partition coefficient (Wildman–Crippen LogP) is 1.07. The summed E-state index contributed by atoms with van der Waals surface area (Å²) >= 11 is 5.99. The van der Waals surface area contributed by atoms with Crippen LogP contribution in [0.15, 0.2) is 6.07 Å². The summed E-state index contributed by atoms with van der Waals surface area (Å²) < 4.78 is 10.8. The van der Waals surface area contributed by atoms with E-state index >= 15 is 0 Å². The Bertz CT molecular complexity index is 424. The minimum atomic E-state index is -0.866. The molecule has 3 N–H and O–H groups in total. The molecule has 2 rings (SSSR count). The Balaban J connectivity index is 2.50. The minimum absolute atomic E-state index is 0.0944. The quantitative estimate of drug-likeness (QED) is 0.757. The Labute approximate surface area is 104 Å². The fourth-order valence-electron chi connectivity index (χ4n) is 1.77. The number of halogens is 1. The number of rotatable bonds is 3. The van der Waals surface area contributed by atoms with Gasteiger partial charge in [-0.15, -0.1) is 0 Å². The normalized spacial score (nSPS) is 15.7. The molecule has 6 heteroatoms. The van der Waals surface area contributed by atoms with Crippen LogP contribution in [-0.4, -0.2) is 37.0 Å². The van der Waals surface area contributed by atoms with E-state index in [-0.39, 0.29) is 10.8 Å². The van der Waals surface area contributed by atoms with Crippen LogP contribution in [0.1, 0.15) is 11.7 Å². The predicted molar refractivity (Wildman–Crippen MR) is 63.0 cm³/mol. The van der Waals surface area contributed by atoms with Crippen LogP contribution in [0.5, 0.6) is 17.2 Å². The number of hydrogen-bond acceptors (Lipinski definition) is 5. The first-order chi connectivity index (χ1) is 8.15. The monoisotopic (exact) mass is 259 g/mol. The number of phenolic OH excluding ortho intramolecular Hbond substituents is 1. The fraction of sp³-hybridized carbons (Fsp3) is 0.455. The second-order valence-corrected chi connectivity index (χ2v) is 4.10. The van der Waals surface area contributed by atoms with E-state index in [1.54, 1.807) is 7.05 Å². The molecule has 1 heterocycles. The highest BCUT2D eigenvalue weighted by Gasteiger charge is 2.26. The van der Waals surface area contributed by atoms with Crippen molar-refractivity contribution in [1.29, 1.82) is 0 Å². The lowest BCUT2D eigenvalue weighted by Crippen LogP contribution is -2.21. The minimum Gasteiger partial charge on any atom is -0.506 e. The van der Waals surface area contributed by atoms with Gasteiger partial charge in [-0.1, -0.05) is 11.6 Å². The number of likely N-dealkylation sites (N-methyl/N-ethyl adjacent to an activating group) is 1. The molecule has 0 saturated heterocycles. The highest BCUT2D eigenvalue weighted by atomic mass is 35.5. The third kappa shape index (κ3) is 2.26. The summed E-state index contributed by atoms with van der Waals surface area (Å²) in [5, 5.41) is 22.6. The number of hydrogen-bond donors (Lipinski definition) is 3. The molecule has 0 aliphatic carbocycles. The number of fused-ring (bicyclic) bond motifs is 1. The number of aromatic hydroxyl groups is 1. The van der Waals surface area contributed by atoms with Gasteiger partial charge in [0.15, 0.2) is 11.5 Å². The van der Waals surface area contributed by atoms with Crippen molar-refractivity contribution in [3.8, 4) is 17.2 Å². The van der Waals surface area contributed by atoms with Gasteiger partial charge < -0.3 is 25.0 Å². The smallest absolute Gasteiger partial charge is 0.168 e. The van der Waals surface area contributed by atoms with Crippen molar-refractivity contribution in [3.63, 3.8) is 0 Å². The molecule has 0 radical (unpaired) electrons. The zero-order valence-electron chi connectivity index (χ0n) is 9.36. The van der Waals surface area contributed by atoms with Gasteiger partial charge >= 0.3 is 0 Å². The van der Waals surface area contributed by atoms with Crippen molar-refractivity contribution in [2.75, 3.05) is 26.8 Å². The van der Waals surface area contributed by atoms with E-state index in [9.17, 15) is 10.2 Å². The summed E-state index contributed by atoms with van der Waals surface area (Å²) in [5.74, 6) is 0.686. The Hall–Kier alpha value is -1.17. The molecule has 0 aromatic heterocycles. The average molecular weight is 260 g/mol. The van der Waals surface area contributed by atoms with Gasteiger partial charge in [0, 0.05) is 12.6 Å². The number of aliphatic hydroxyl groups is 1. The van der Waals surface area contributed by atoms with Crippen LogP contribution >= 0.6 is 11.6 Å². The summed E-state index contributed by atoms with van der Waals surface area (Å²) in [6.07, 6.45) is -0.866. The number of phenols is 1. The van der Waals surface area contributed by atoms with Gasteiger partial charge in [0.2, 0.25) is 0 Å². The Morgan fingerprint density at radius 2 is 2.18 bits per heavy atom. The molecule has 0 spiro atoms. The van der Waals surface area contributed by atoms with Crippen molar-refractivity contribution in [2.45, 2.75) is 6.10 Å². The van der Waals surface area contributed by atoms with Crippen molar-refractivity contribution in [2.24, 2.45) is 0 Å². The van der Waals surface area contributed by atoms with Crippen LogP contribution in [0.25, 0.3) is 0 Å². The lowest BCUT2D eigenvalue weighted by molar-refractivity contribution is 0.145. The molecule has 1 aromatic carbocycles. The molecule has 0 bridgehead atoms. The molecule has 0 fully saturated rings. The fourth-order valence-corrected chi connectivity index (χ4v) is 2.03. The van der Waals surface area contributed by atoms with Crippen LogP contribution < -0.4 is 14.8 Å². The van der Waals surface area contributed by atoms with Crippen LogP contribution in [0.4, 0.5) is 0 Å². The molecule has 94 valence electrons. The van der Waals surface area contributed by atoms with Gasteiger partial charge in [-0.05, 0) is 7.05 Å². The Kier molecular flexibility index (Phi) is 3.61. The Morgan fingerprint density at radius 3 is 2.88 bits per heavy atom. The highest BCUT2D eigenvalue weighted by Crippen LogP contribution is 2.45. The molecule has 17 heavy (non-hydrogen) atoms. The third-order valence-electron chi connectivity index (χ3n) is 2.52. The molecule has 1 aromatic rings. The molecule has 1 aliphatic heterocycles. The van der Waals surface area contributed by atoms with Crippen molar-refractivity contribution in [1.82, 2.24) is 5.32 Å². The van der Waals surface area contributed by atoms with E-state index in [2.05, 4.69) is 5.32 Å². The first-order valence-corrected chi connectivity index (χ1v) is 5.66. The van der Waals surface area contributed by atoms with Gasteiger partial charge in [0.25, 0.3) is 0 Å². The summed E-state index contributed by atoms with van der Waals surface area (Å²) in [5.41, 5.74) is 0.357. The van der Waals surface area contributed by atoms with Crippen LogP contribution in [0, 0.1) is 0 Å². The lowest BCUT2D eigenvalue weighted by Gasteiger charge is -2.24. The summed E-state index contributed by atoms with van der Waals surface area (Å²) in [4.78, 5) is 0. The summed E-state index contributed by atoms with van der Waals surface area (Å²) in [7, 11) is 1.71. The van der Waals surface area contributed by atoms with Gasteiger partial charge in [0.05, 0.1) is 16.7 Å². The van der Waals surface area contributed by atoms with E-state index in [1.807, 2.05) is 0 Å². The van der Waals surface area contributed by atoms with E-state index < -0.39 is 6.10 Å². The standard InChI is InChI=1S/C11H14ClNO4/c1-13-5-7(15)9-10(12)6(14)4-8-11(9)17-3-2-16-8/h4,7,13-15H,2-3,5H2,1H3. The largest absolute Gasteiger partial charge is 0.506 e. The van der Waals surface area contributed by atoms with Crippen LogP contribution in [0.3, 0.4) is 0 Å². The van der Waals surface area contributed by atoms with Gasteiger partial charge in [-0.3, -0.25) is 0 Å². The molecule has 0 saturated carbocycles. The second-order valence-electron chi connectivity index (χ2n) is 3.72. The zero-order chi connectivity index (χ0) is 12.4. The van der Waals surface area contributed by atoms with Gasteiger partial charge in [0.1, 0.15) is 19.0 Å². The highest BCUT2D eigenvalue weighted by molar-refractivity contribution is 6.33. The average Bonchev–Trinajstić information content (AvgIpc) is 2.31. The first kappa shape index (κ1) is 12.3. The van der Waals surface area contributed by atoms with Crippen LogP contribution in [-0.2, 0) is 0 Å². The van der Waals surface area contributed by atoms with Crippen LogP contribution in [0.2, 0.25) is 5.02 Å². The molecule has 1 atom stereocenters. The van der Waals surface area contributed by atoms with Crippen molar-refractivity contribution in [3.05, 3.63) is 16.7 Å². The SMILES string of the molecule is CNCC(O)c1c(Cl)c(O)cc2c1OCCO2. The maximum atomic E-state index is 9.99. The maximum absolute atomic E-state index is 9.99. The second kappa shape index (κ2) is 5.00. The first-order valence-electron chi connectivity index (χ1n) is 5.28. The van der Waals surface area contributed by atoms with E-state index in [0.717, 1.165) is 0 Å². The van der Waals surface area contributed by atoms with E-state index in [4.69, 9.17) is 21.1 Å². The summed E-state index contributed by atoms with van der Waals surface area (Å²) in [6, 6.07) is 1.40. The molecule has 1 aliphatic rings. The number of ether oxygens (including phenoxy) is 2. The van der Waals surface area contributed by atoms with E-state index in [0.29, 0.717) is 36.8 Å². The van der Waals surface area contributed by atoms with E-state index in [1.165, 1.54) is 6.07 Å². The number of aliphatic hydroxyl groups excluding tert-OH is 1. The molecule has 0 amide bonds. The van der Waals surface area contributed by atoms with Gasteiger partial charge in [-0.2, -0.15) is 0 Å². The molecular weight excluding hydrogens is 246 g/mol. The lowest BCUT2D eigenvalue weighted by atomic mass is 10.1. The van der Waals surface area contributed by atoms with Gasteiger partial charge in [-0.25, -0.2) is 0 Å². The van der Waals surface area contributed by atoms with Crippen molar-refractivity contribution >= 4 is 11.6 Å².